The van der Waals surface area contributed by atoms with Crippen LogP contribution >= 0.6 is 0 Å². The molecule has 4 rings (SSSR count). The van der Waals surface area contributed by atoms with Gasteiger partial charge in [0.2, 0.25) is 5.78 Å². The lowest BCUT2D eigenvalue weighted by Gasteiger charge is -2.40. The summed E-state index contributed by atoms with van der Waals surface area (Å²) in [7, 11) is 0. The largest absolute Gasteiger partial charge is 0.462 e. The second-order valence-electron chi connectivity index (χ2n) is 11.7. The molecular weight excluding hydrogens is 486 g/mol. The van der Waals surface area contributed by atoms with Crippen LogP contribution in [0.5, 0.6) is 0 Å². The quantitative estimate of drug-likeness (QED) is 0.319. The van der Waals surface area contributed by atoms with Crippen LogP contribution in [0.1, 0.15) is 71.2 Å². The van der Waals surface area contributed by atoms with Crippen molar-refractivity contribution in [1.82, 2.24) is 4.98 Å². The van der Waals surface area contributed by atoms with Crippen molar-refractivity contribution in [2.45, 2.75) is 78.6 Å². The number of nitrogens with zero attached hydrogens (tertiary/aromatic N) is 1. The second kappa shape index (κ2) is 10.1. The van der Waals surface area contributed by atoms with Gasteiger partial charge in [0, 0.05) is 32.7 Å². The molecule has 1 aromatic heterocycles. The molecule has 0 unspecified atom stereocenters. The van der Waals surface area contributed by atoms with E-state index >= 15 is 0 Å². The first kappa shape index (κ1) is 27.7. The molecule has 3 aliphatic rings. The average molecular weight is 524 g/mol. The summed E-state index contributed by atoms with van der Waals surface area (Å²) in [6, 6.07) is 3.21. The van der Waals surface area contributed by atoms with Crippen molar-refractivity contribution < 1.29 is 33.4 Å². The SMILES string of the molecule is C=C1CC[C@@H]2[C@@H](C=C(C)C(=O)[C@@]3(OC(C)=O)C[C@H](C)[C@H](OC(C)=O)[C@H]3[C@H]1OC(=O)c1cccnc1)C2(C)C. The maximum atomic E-state index is 14.3. The number of Topliss-reactive ketones (excluding diaryl/α,β-unsaturated/α-hetero) is 1. The maximum absolute atomic E-state index is 14.3. The van der Waals surface area contributed by atoms with Crippen molar-refractivity contribution in [2.75, 3.05) is 0 Å². The van der Waals surface area contributed by atoms with Crippen molar-refractivity contribution in [3.05, 3.63) is 53.9 Å². The van der Waals surface area contributed by atoms with E-state index in [0.717, 1.165) is 6.42 Å². The Kier molecular flexibility index (Phi) is 7.38. The van der Waals surface area contributed by atoms with Crippen molar-refractivity contribution >= 4 is 23.7 Å². The van der Waals surface area contributed by atoms with Gasteiger partial charge in [0.25, 0.3) is 0 Å². The Morgan fingerprint density at radius 1 is 1.13 bits per heavy atom. The maximum Gasteiger partial charge on any atom is 0.340 e. The molecule has 1 heterocycles. The molecule has 0 aliphatic heterocycles. The summed E-state index contributed by atoms with van der Waals surface area (Å²) < 4.78 is 17.8. The number of hydrogen-bond acceptors (Lipinski definition) is 8. The summed E-state index contributed by atoms with van der Waals surface area (Å²) >= 11 is 0. The molecule has 1 aromatic rings. The highest BCUT2D eigenvalue weighted by Crippen LogP contribution is 2.62. The van der Waals surface area contributed by atoms with Crippen LogP contribution in [-0.4, -0.2) is 46.5 Å². The molecule has 3 aliphatic carbocycles. The molecule has 0 bridgehead atoms. The number of carbonyl (C=O) groups excluding carboxylic acids is 4. The van der Waals surface area contributed by atoms with Crippen LogP contribution in [0.15, 0.2) is 48.3 Å². The molecule has 38 heavy (non-hydrogen) atoms. The summed E-state index contributed by atoms with van der Waals surface area (Å²) in [5.41, 5.74) is -0.400. The minimum atomic E-state index is -1.70. The van der Waals surface area contributed by atoms with E-state index in [-0.39, 0.29) is 35.0 Å². The highest BCUT2D eigenvalue weighted by molar-refractivity contribution is 6.03. The smallest absolute Gasteiger partial charge is 0.340 e. The van der Waals surface area contributed by atoms with E-state index in [1.54, 1.807) is 25.3 Å². The van der Waals surface area contributed by atoms with Gasteiger partial charge >= 0.3 is 17.9 Å². The molecule has 2 saturated carbocycles. The summed E-state index contributed by atoms with van der Waals surface area (Å²) in [5, 5.41) is 0. The summed E-state index contributed by atoms with van der Waals surface area (Å²) in [5.74, 6) is -3.03. The topological polar surface area (TPSA) is 109 Å². The molecule has 0 aromatic carbocycles. The number of pyridine rings is 1. The van der Waals surface area contributed by atoms with Crippen molar-refractivity contribution in [3.63, 3.8) is 0 Å². The highest BCUT2D eigenvalue weighted by atomic mass is 16.6. The molecule has 0 N–H and O–H groups in total. The molecule has 0 amide bonds. The minimum absolute atomic E-state index is 0.000139. The first-order chi connectivity index (χ1) is 17.8. The molecular formula is C30H37NO7. The first-order valence-electron chi connectivity index (χ1n) is 13.2. The Morgan fingerprint density at radius 3 is 2.45 bits per heavy atom. The third kappa shape index (κ3) is 4.93. The fraction of sp³-hybridized carbons (Fsp3) is 0.567. The van der Waals surface area contributed by atoms with Gasteiger partial charge in [0.1, 0.15) is 12.2 Å². The Morgan fingerprint density at radius 2 is 1.84 bits per heavy atom. The zero-order valence-corrected chi connectivity index (χ0v) is 23.0. The normalized spacial score (nSPS) is 34.1. The number of aromatic nitrogens is 1. The Bertz CT molecular complexity index is 1190. The monoisotopic (exact) mass is 523 g/mol. The number of rotatable bonds is 4. The Hall–Kier alpha value is -3.29. The lowest BCUT2D eigenvalue weighted by Crippen LogP contribution is -2.55. The van der Waals surface area contributed by atoms with Crippen molar-refractivity contribution in [1.29, 1.82) is 0 Å². The number of carbonyl (C=O) groups is 4. The van der Waals surface area contributed by atoms with Crippen LogP contribution in [-0.2, 0) is 28.6 Å². The van der Waals surface area contributed by atoms with Crippen LogP contribution in [0.4, 0.5) is 0 Å². The van der Waals surface area contributed by atoms with Gasteiger partial charge in [-0.25, -0.2) is 4.79 Å². The molecule has 0 saturated heterocycles. The number of esters is 3. The van der Waals surface area contributed by atoms with Crippen LogP contribution in [0, 0.1) is 29.1 Å². The average Bonchev–Trinajstić information content (AvgIpc) is 3.24. The minimum Gasteiger partial charge on any atom is -0.462 e. The first-order valence-corrected chi connectivity index (χ1v) is 13.2. The number of ketones is 1. The molecule has 7 atom stereocenters. The molecule has 8 nitrogen and oxygen atoms in total. The summed E-state index contributed by atoms with van der Waals surface area (Å²) in [6.45, 7) is 14.8. The lowest BCUT2D eigenvalue weighted by atomic mass is 9.76. The highest BCUT2D eigenvalue weighted by Gasteiger charge is 2.65. The van der Waals surface area contributed by atoms with Gasteiger partial charge in [-0.05, 0) is 66.2 Å². The second-order valence-corrected chi connectivity index (χ2v) is 11.7. The molecule has 0 radical (unpaired) electrons. The van der Waals surface area contributed by atoms with Gasteiger partial charge in [0.05, 0.1) is 11.5 Å². The number of ether oxygens (including phenoxy) is 3. The number of fused-ring (bicyclic) bond motifs is 2. The van der Waals surface area contributed by atoms with Gasteiger partial charge in [0.15, 0.2) is 5.60 Å². The van der Waals surface area contributed by atoms with E-state index in [2.05, 4.69) is 25.4 Å². The third-order valence-electron chi connectivity index (χ3n) is 8.65. The van der Waals surface area contributed by atoms with E-state index < -0.39 is 41.6 Å². The van der Waals surface area contributed by atoms with Crippen molar-refractivity contribution in [2.24, 2.45) is 29.1 Å². The standard InChI is InChI=1S/C30H37NO7/c1-16-10-11-22-23(29(22,6)7)13-17(2)27(34)30(38-20(5)33)14-18(3)26(36-19(4)32)24(30)25(16)37-28(35)21-9-8-12-31-15-21/h8-9,12-13,15,18,22-26H,1,10-11,14H2,2-7H3/t18-,22+,23+,24+,25-,26-,30+/m0/s1. The van der Waals surface area contributed by atoms with Gasteiger partial charge in [-0.1, -0.05) is 33.4 Å². The van der Waals surface area contributed by atoms with Crippen LogP contribution in [0.2, 0.25) is 0 Å². The number of hydrogen-bond donors (Lipinski definition) is 0. The van der Waals surface area contributed by atoms with Gasteiger partial charge in [-0.2, -0.15) is 0 Å². The molecule has 8 heteroatoms. The van der Waals surface area contributed by atoms with Crippen molar-refractivity contribution in [3.8, 4) is 0 Å². The van der Waals surface area contributed by atoms with Crippen LogP contribution in [0.25, 0.3) is 0 Å². The van der Waals surface area contributed by atoms with Crippen LogP contribution < -0.4 is 0 Å². The van der Waals surface area contributed by atoms with Crippen LogP contribution in [0.3, 0.4) is 0 Å². The Labute approximate surface area is 223 Å². The third-order valence-corrected chi connectivity index (χ3v) is 8.65. The predicted molar refractivity (Wildman–Crippen MR) is 139 cm³/mol. The fourth-order valence-electron chi connectivity index (χ4n) is 6.71. The van der Waals surface area contributed by atoms with E-state index in [1.165, 1.54) is 20.0 Å². The molecule has 204 valence electrons. The molecule has 2 fully saturated rings. The van der Waals surface area contributed by atoms with E-state index in [0.29, 0.717) is 23.5 Å². The summed E-state index contributed by atoms with van der Waals surface area (Å²) in [6.07, 6.45) is 4.47. The van der Waals surface area contributed by atoms with Gasteiger partial charge < -0.3 is 14.2 Å². The fourth-order valence-corrected chi connectivity index (χ4v) is 6.71. The summed E-state index contributed by atoms with van der Waals surface area (Å²) in [4.78, 5) is 56.4. The van der Waals surface area contributed by atoms with Gasteiger partial charge in [-0.15, -0.1) is 0 Å². The molecule has 0 spiro atoms. The lowest BCUT2D eigenvalue weighted by molar-refractivity contribution is -0.178. The number of allylic oxidation sites excluding steroid dienone is 1. The zero-order valence-electron chi connectivity index (χ0n) is 23.0. The van der Waals surface area contributed by atoms with E-state index in [1.807, 2.05) is 13.0 Å². The van der Waals surface area contributed by atoms with Gasteiger partial charge in [-0.3, -0.25) is 19.4 Å². The van der Waals surface area contributed by atoms with E-state index in [4.69, 9.17) is 14.2 Å². The zero-order chi connectivity index (χ0) is 28.0. The van der Waals surface area contributed by atoms with E-state index in [9.17, 15) is 19.2 Å². The Balaban J connectivity index is 1.89. The predicted octanol–water partition coefficient (Wildman–Crippen LogP) is 4.63.